The molecule has 0 amide bonds. The standard InChI is InChI=1S/C9H11BrS/c1-3-7-6-8(10)4-5-9(7)11-2/h4-6H,3H2,1-2H3. The molecule has 1 aromatic rings. The minimum atomic E-state index is 1.11. The Morgan fingerprint density at radius 2 is 2.18 bits per heavy atom. The predicted molar refractivity (Wildman–Crippen MR) is 55.3 cm³/mol. The maximum Gasteiger partial charge on any atom is 0.0178 e. The lowest BCUT2D eigenvalue weighted by atomic mass is 10.2. The molecule has 0 saturated heterocycles. The van der Waals surface area contributed by atoms with E-state index in [9.17, 15) is 0 Å². The van der Waals surface area contributed by atoms with Crippen LogP contribution in [0.3, 0.4) is 0 Å². The Bertz CT molecular complexity index is 245. The summed E-state index contributed by atoms with van der Waals surface area (Å²) in [4.78, 5) is 1.38. The van der Waals surface area contributed by atoms with Crippen LogP contribution in [0, 0.1) is 0 Å². The third kappa shape index (κ3) is 2.24. The predicted octanol–water partition coefficient (Wildman–Crippen LogP) is 3.73. The van der Waals surface area contributed by atoms with E-state index in [0.29, 0.717) is 0 Å². The van der Waals surface area contributed by atoms with Crippen LogP contribution in [0.25, 0.3) is 0 Å². The van der Waals surface area contributed by atoms with Gasteiger partial charge in [0.1, 0.15) is 0 Å². The maximum absolute atomic E-state index is 3.46. The molecule has 0 N–H and O–H groups in total. The van der Waals surface area contributed by atoms with Crippen molar-refractivity contribution in [1.82, 2.24) is 0 Å². The molecule has 1 aromatic carbocycles. The Morgan fingerprint density at radius 3 is 2.73 bits per heavy atom. The Labute approximate surface area is 80.5 Å². The molecule has 1 rings (SSSR count). The van der Waals surface area contributed by atoms with E-state index in [1.54, 1.807) is 0 Å². The minimum absolute atomic E-state index is 1.11. The third-order valence-corrected chi connectivity index (χ3v) is 2.95. The molecule has 0 fully saturated rings. The molecule has 0 atom stereocenters. The van der Waals surface area contributed by atoms with Crippen molar-refractivity contribution in [1.29, 1.82) is 0 Å². The average Bonchev–Trinajstić information content (AvgIpc) is 2.04. The summed E-state index contributed by atoms with van der Waals surface area (Å²) in [6.45, 7) is 2.18. The fourth-order valence-corrected chi connectivity index (χ4v) is 2.10. The molecule has 0 radical (unpaired) electrons. The SMILES string of the molecule is CCc1cc(Br)ccc1SC. The largest absolute Gasteiger partial charge is 0.129 e. The fourth-order valence-electron chi connectivity index (χ4n) is 1.02. The molecule has 0 spiro atoms. The average molecular weight is 231 g/mol. The molecule has 0 heterocycles. The minimum Gasteiger partial charge on any atom is -0.129 e. The Morgan fingerprint density at radius 1 is 1.45 bits per heavy atom. The first-order valence-electron chi connectivity index (χ1n) is 3.60. The van der Waals surface area contributed by atoms with Crippen molar-refractivity contribution in [2.45, 2.75) is 18.2 Å². The van der Waals surface area contributed by atoms with Crippen LogP contribution in [0.15, 0.2) is 27.6 Å². The molecule has 11 heavy (non-hydrogen) atoms. The van der Waals surface area contributed by atoms with Crippen LogP contribution in [-0.4, -0.2) is 6.26 Å². The number of hydrogen-bond acceptors (Lipinski definition) is 1. The fraction of sp³-hybridized carbons (Fsp3) is 0.333. The highest BCUT2D eigenvalue weighted by Gasteiger charge is 1.98. The second-order valence-electron chi connectivity index (χ2n) is 2.31. The number of aryl methyl sites for hydroxylation is 1. The lowest BCUT2D eigenvalue weighted by Crippen LogP contribution is -1.83. The van der Waals surface area contributed by atoms with Gasteiger partial charge in [0.05, 0.1) is 0 Å². The molecule has 0 saturated carbocycles. The molecule has 0 nitrogen and oxygen atoms in total. The van der Waals surface area contributed by atoms with E-state index < -0.39 is 0 Å². The van der Waals surface area contributed by atoms with Gasteiger partial charge in [-0.2, -0.15) is 0 Å². The summed E-state index contributed by atoms with van der Waals surface area (Å²) in [6, 6.07) is 6.43. The highest BCUT2D eigenvalue weighted by Crippen LogP contribution is 2.24. The third-order valence-electron chi connectivity index (χ3n) is 1.62. The second-order valence-corrected chi connectivity index (χ2v) is 4.07. The van der Waals surface area contributed by atoms with Gasteiger partial charge in [-0.25, -0.2) is 0 Å². The first-order chi connectivity index (χ1) is 5.27. The summed E-state index contributed by atoms with van der Waals surface area (Å²) in [7, 11) is 0. The smallest absolute Gasteiger partial charge is 0.0178 e. The monoisotopic (exact) mass is 230 g/mol. The van der Waals surface area contributed by atoms with Crippen molar-refractivity contribution in [2.24, 2.45) is 0 Å². The number of rotatable bonds is 2. The summed E-state index contributed by atoms with van der Waals surface area (Å²) < 4.78 is 1.17. The molecule has 0 unspecified atom stereocenters. The molecule has 0 aliphatic heterocycles. The van der Waals surface area contributed by atoms with Crippen LogP contribution in [0.5, 0.6) is 0 Å². The first kappa shape index (κ1) is 9.14. The number of hydrogen-bond donors (Lipinski definition) is 0. The molecule has 0 aliphatic rings. The van der Waals surface area contributed by atoms with Crippen molar-refractivity contribution in [3.8, 4) is 0 Å². The molecule has 0 aliphatic carbocycles. The van der Waals surface area contributed by atoms with Gasteiger partial charge in [-0.3, -0.25) is 0 Å². The zero-order valence-electron chi connectivity index (χ0n) is 6.73. The van der Waals surface area contributed by atoms with Crippen molar-refractivity contribution < 1.29 is 0 Å². The molecule has 2 heteroatoms. The summed E-state index contributed by atoms with van der Waals surface area (Å²) in [5, 5.41) is 0. The van der Waals surface area contributed by atoms with Crippen molar-refractivity contribution in [3.05, 3.63) is 28.2 Å². The normalized spacial score (nSPS) is 10.1. The van der Waals surface area contributed by atoms with Gasteiger partial charge in [0.15, 0.2) is 0 Å². The number of thioether (sulfide) groups is 1. The molecular formula is C9H11BrS. The summed E-state index contributed by atoms with van der Waals surface area (Å²) >= 11 is 5.26. The Kier molecular flexibility index (Phi) is 3.46. The topological polar surface area (TPSA) is 0 Å². The number of benzene rings is 1. The Hall–Kier alpha value is 0.0500. The van der Waals surface area contributed by atoms with Crippen LogP contribution < -0.4 is 0 Å². The van der Waals surface area contributed by atoms with E-state index in [0.717, 1.165) is 6.42 Å². The summed E-state index contributed by atoms with van der Waals surface area (Å²) in [5.74, 6) is 0. The van der Waals surface area contributed by atoms with Gasteiger partial charge >= 0.3 is 0 Å². The first-order valence-corrected chi connectivity index (χ1v) is 5.62. The molecule has 0 bridgehead atoms. The van der Waals surface area contributed by atoms with Crippen LogP contribution in [0.4, 0.5) is 0 Å². The van der Waals surface area contributed by atoms with E-state index in [1.165, 1.54) is 14.9 Å². The maximum atomic E-state index is 3.46. The van der Waals surface area contributed by atoms with E-state index >= 15 is 0 Å². The summed E-state index contributed by atoms with van der Waals surface area (Å²) in [6.07, 6.45) is 3.22. The summed E-state index contributed by atoms with van der Waals surface area (Å²) in [5.41, 5.74) is 1.42. The van der Waals surface area contributed by atoms with E-state index in [2.05, 4.69) is 47.3 Å². The molecule has 0 aromatic heterocycles. The quantitative estimate of drug-likeness (QED) is 0.699. The Balaban J connectivity index is 3.06. The van der Waals surface area contributed by atoms with Crippen molar-refractivity contribution in [2.75, 3.05) is 6.26 Å². The van der Waals surface area contributed by atoms with Gasteiger partial charge < -0.3 is 0 Å². The highest BCUT2D eigenvalue weighted by atomic mass is 79.9. The van der Waals surface area contributed by atoms with Gasteiger partial charge in [-0.1, -0.05) is 22.9 Å². The van der Waals surface area contributed by atoms with Crippen LogP contribution in [-0.2, 0) is 6.42 Å². The van der Waals surface area contributed by atoms with Gasteiger partial charge in [-0.05, 0) is 36.4 Å². The zero-order valence-corrected chi connectivity index (χ0v) is 9.13. The lowest BCUT2D eigenvalue weighted by molar-refractivity contribution is 1.08. The van der Waals surface area contributed by atoms with E-state index in [-0.39, 0.29) is 0 Å². The molecule has 60 valence electrons. The highest BCUT2D eigenvalue weighted by molar-refractivity contribution is 9.10. The van der Waals surface area contributed by atoms with Gasteiger partial charge in [0.2, 0.25) is 0 Å². The van der Waals surface area contributed by atoms with E-state index in [4.69, 9.17) is 0 Å². The zero-order chi connectivity index (χ0) is 8.27. The van der Waals surface area contributed by atoms with E-state index in [1.807, 2.05) is 11.8 Å². The van der Waals surface area contributed by atoms with Gasteiger partial charge in [0, 0.05) is 9.37 Å². The lowest BCUT2D eigenvalue weighted by Gasteiger charge is -2.04. The molecular weight excluding hydrogens is 220 g/mol. The van der Waals surface area contributed by atoms with Crippen molar-refractivity contribution >= 4 is 27.7 Å². The van der Waals surface area contributed by atoms with Crippen molar-refractivity contribution in [3.63, 3.8) is 0 Å². The number of halogens is 1. The van der Waals surface area contributed by atoms with Crippen LogP contribution >= 0.6 is 27.7 Å². The van der Waals surface area contributed by atoms with Gasteiger partial charge in [0.25, 0.3) is 0 Å². The van der Waals surface area contributed by atoms with Gasteiger partial charge in [-0.15, -0.1) is 11.8 Å². The van der Waals surface area contributed by atoms with Crippen LogP contribution in [0.2, 0.25) is 0 Å². The van der Waals surface area contributed by atoms with Crippen LogP contribution in [0.1, 0.15) is 12.5 Å². The second kappa shape index (κ2) is 4.17.